The summed E-state index contributed by atoms with van der Waals surface area (Å²) in [5, 5.41) is 24.9. The van der Waals surface area contributed by atoms with Gasteiger partial charge in [-0.15, -0.1) is 5.26 Å². The quantitative estimate of drug-likeness (QED) is 0.358. The summed E-state index contributed by atoms with van der Waals surface area (Å²) in [5.41, 5.74) is 0. The van der Waals surface area contributed by atoms with Gasteiger partial charge in [0.2, 0.25) is 0 Å². The Labute approximate surface area is 69.9 Å². The van der Waals surface area contributed by atoms with Crippen molar-refractivity contribution >= 4 is 7.60 Å². The normalized spacial score (nSPS) is 15.2. The van der Waals surface area contributed by atoms with E-state index in [2.05, 4.69) is 15.7 Å². The summed E-state index contributed by atoms with van der Waals surface area (Å²) in [6.45, 7) is 1.92. The number of hydrogen-bond acceptors (Lipinski definition) is 6. The molecule has 0 aromatic rings. The smallest absolute Gasteiger partial charge is 0.394 e. The van der Waals surface area contributed by atoms with E-state index < -0.39 is 26.9 Å². The third-order valence-corrected chi connectivity index (χ3v) is 1.88. The van der Waals surface area contributed by atoms with Gasteiger partial charge >= 0.3 is 7.60 Å². The Balaban J connectivity index is 4.05. The van der Waals surface area contributed by atoms with Crippen LogP contribution >= 0.6 is 7.60 Å². The van der Waals surface area contributed by atoms with E-state index in [1.807, 2.05) is 0 Å². The molecular weight excluding hydrogens is 185 g/mol. The molecule has 0 heterocycles. The van der Waals surface area contributed by atoms with Gasteiger partial charge in [-0.1, -0.05) is 0 Å². The van der Waals surface area contributed by atoms with Crippen molar-refractivity contribution in [2.75, 3.05) is 13.2 Å². The predicted molar refractivity (Wildman–Crippen MR) is 38.7 cm³/mol. The predicted octanol–water partition coefficient (Wildman–Crippen LogP) is -0.161. The molecule has 1 unspecified atom stereocenters. The number of rotatable bonds is 5. The number of aliphatic hydroxyl groups is 2. The molecule has 0 aromatic carbocycles. The van der Waals surface area contributed by atoms with E-state index in [0.717, 1.165) is 6.26 Å². The molecular formula is C5H9NO5P+. The Hall–Kier alpha value is -0.730. The number of hydrogen-bond donors (Lipinski definition) is 2. The lowest BCUT2D eigenvalue weighted by Gasteiger charge is -2.10. The first-order valence-corrected chi connectivity index (χ1v) is 4.70. The Morgan fingerprint density at radius 3 is 2.42 bits per heavy atom. The summed E-state index contributed by atoms with van der Waals surface area (Å²) >= 11 is 0. The molecule has 0 amide bonds. The van der Waals surface area contributed by atoms with E-state index in [1.165, 1.54) is 0 Å². The van der Waals surface area contributed by atoms with E-state index in [4.69, 9.17) is 15.5 Å². The summed E-state index contributed by atoms with van der Waals surface area (Å²) in [7, 11) is -3.71. The van der Waals surface area contributed by atoms with Crippen molar-refractivity contribution < 1.29 is 23.8 Å². The molecule has 2 N–H and O–H groups in total. The average molecular weight is 194 g/mol. The van der Waals surface area contributed by atoms with Crippen LogP contribution in [0.2, 0.25) is 0 Å². The van der Waals surface area contributed by atoms with E-state index in [0.29, 0.717) is 0 Å². The second-order valence-electron chi connectivity index (χ2n) is 1.89. The van der Waals surface area contributed by atoms with Crippen molar-refractivity contribution in [1.29, 1.82) is 5.26 Å². The average Bonchev–Trinajstić information content (AvgIpc) is 2.00. The zero-order valence-corrected chi connectivity index (χ0v) is 7.11. The van der Waals surface area contributed by atoms with Crippen LogP contribution in [0.15, 0.2) is 0 Å². The van der Waals surface area contributed by atoms with Crippen molar-refractivity contribution in [3.05, 3.63) is 6.66 Å². The van der Waals surface area contributed by atoms with Crippen molar-refractivity contribution in [3.8, 4) is 6.26 Å². The molecule has 0 saturated carbocycles. The van der Waals surface area contributed by atoms with Gasteiger partial charge in [-0.25, -0.2) is 4.57 Å². The lowest BCUT2D eigenvalue weighted by atomic mass is 10.4. The monoisotopic (exact) mass is 194 g/mol. The minimum absolute atomic E-state index is 0.523. The molecule has 0 bridgehead atoms. The zero-order valence-electron chi connectivity index (χ0n) is 6.21. The molecule has 1 atom stereocenters. The molecule has 0 saturated heterocycles. The molecule has 0 rings (SSSR count). The van der Waals surface area contributed by atoms with Gasteiger partial charge in [0.15, 0.2) is 6.66 Å². The van der Waals surface area contributed by atoms with Gasteiger partial charge in [-0.2, -0.15) is 0 Å². The lowest BCUT2D eigenvalue weighted by molar-refractivity contribution is 0.0559. The Morgan fingerprint density at radius 2 is 2.08 bits per heavy atom. The standard InChI is InChI=1S/C5H9NO5P/c1-12(9,10-4-6)11-5(2-7)3-8/h5,7-8H,1-3H2/q+1. The molecule has 0 aliphatic carbocycles. The molecule has 0 fully saturated rings. The van der Waals surface area contributed by atoms with Crippen LogP contribution < -0.4 is 0 Å². The highest BCUT2D eigenvalue weighted by Gasteiger charge is 2.32. The Kier molecular flexibility index (Phi) is 4.71. The number of aliphatic hydroxyl groups excluding tert-OH is 2. The van der Waals surface area contributed by atoms with Crippen molar-refractivity contribution in [1.82, 2.24) is 0 Å². The van der Waals surface area contributed by atoms with Gasteiger partial charge in [-0.05, 0) is 0 Å². The van der Waals surface area contributed by atoms with Crippen LogP contribution in [-0.2, 0) is 13.6 Å². The highest BCUT2D eigenvalue weighted by atomic mass is 31.2. The van der Waals surface area contributed by atoms with Crippen LogP contribution in [0, 0.1) is 18.2 Å². The van der Waals surface area contributed by atoms with Crippen LogP contribution in [0.25, 0.3) is 0 Å². The maximum atomic E-state index is 10.9. The van der Waals surface area contributed by atoms with Crippen LogP contribution in [0.1, 0.15) is 0 Å². The maximum absolute atomic E-state index is 10.9. The fourth-order valence-corrected chi connectivity index (χ4v) is 1.19. The molecule has 0 aliphatic heterocycles. The summed E-state index contributed by atoms with van der Waals surface area (Å²) in [6, 6.07) is 0. The first kappa shape index (κ1) is 11.3. The molecule has 0 spiro atoms. The number of nitrogens with zero attached hydrogens (tertiary/aromatic N) is 1. The van der Waals surface area contributed by atoms with Gasteiger partial charge in [-0.3, -0.25) is 4.52 Å². The van der Waals surface area contributed by atoms with Gasteiger partial charge in [0.1, 0.15) is 6.10 Å². The van der Waals surface area contributed by atoms with Crippen LogP contribution in [-0.4, -0.2) is 29.5 Å². The van der Waals surface area contributed by atoms with E-state index >= 15 is 0 Å². The molecule has 12 heavy (non-hydrogen) atoms. The summed E-state index contributed by atoms with van der Waals surface area (Å²) in [5.74, 6) is 0. The fraction of sp³-hybridized carbons (Fsp3) is 0.600. The Bertz CT molecular complexity index is 208. The SMILES string of the molecule is [CH2+]P(=O)(OC#N)OC(CO)CO. The zero-order chi connectivity index (χ0) is 9.61. The molecule has 0 radical (unpaired) electrons. The second kappa shape index (κ2) is 5.01. The molecule has 6 nitrogen and oxygen atoms in total. The molecule has 68 valence electrons. The van der Waals surface area contributed by atoms with Crippen LogP contribution in [0.3, 0.4) is 0 Å². The lowest BCUT2D eigenvalue weighted by Crippen LogP contribution is -2.20. The minimum atomic E-state index is -3.71. The molecule has 0 aromatic heterocycles. The van der Waals surface area contributed by atoms with E-state index in [9.17, 15) is 4.57 Å². The first-order valence-electron chi connectivity index (χ1n) is 2.98. The van der Waals surface area contributed by atoms with Gasteiger partial charge in [0, 0.05) is 0 Å². The third kappa shape index (κ3) is 4.21. The highest BCUT2D eigenvalue weighted by Crippen LogP contribution is 2.46. The third-order valence-electron chi connectivity index (χ3n) is 0.897. The highest BCUT2D eigenvalue weighted by molar-refractivity contribution is 7.55. The van der Waals surface area contributed by atoms with Gasteiger partial charge in [0.05, 0.1) is 13.2 Å². The topological polar surface area (TPSA) is 99.8 Å². The largest absolute Gasteiger partial charge is 0.573 e. The van der Waals surface area contributed by atoms with Crippen molar-refractivity contribution in [2.45, 2.75) is 6.10 Å². The minimum Gasteiger partial charge on any atom is -0.394 e. The summed E-state index contributed by atoms with van der Waals surface area (Å²) < 4.78 is 19.4. The van der Waals surface area contributed by atoms with Crippen LogP contribution in [0.4, 0.5) is 0 Å². The van der Waals surface area contributed by atoms with Crippen LogP contribution in [0.5, 0.6) is 0 Å². The first-order chi connectivity index (χ1) is 5.55. The van der Waals surface area contributed by atoms with E-state index in [-0.39, 0.29) is 0 Å². The Morgan fingerprint density at radius 1 is 1.58 bits per heavy atom. The summed E-state index contributed by atoms with van der Waals surface area (Å²) in [6.07, 6.45) is 0.108. The van der Waals surface area contributed by atoms with Gasteiger partial charge < -0.3 is 14.7 Å². The van der Waals surface area contributed by atoms with Crippen molar-refractivity contribution in [2.24, 2.45) is 0 Å². The fourth-order valence-electron chi connectivity index (χ4n) is 0.435. The van der Waals surface area contributed by atoms with Crippen molar-refractivity contribution in [3.63, 3.8) is 0 Å². The molecule has 0 aliphatic rings. The van der Waals surface area contributed by atoms with Gasteiger partial charge in [0.25, 0.3) is 6.26 Å². The maximum Gasteiger partial charge on any atom is 0.573 e. The van der Waals surface area contributed by atoms with E-state index in [1.54, 1.807) is 0 Å². The second-order valence-corrected chi connectivity index (χ2v) is 3.50. The number of nitriles is 1. The summed E-state index contributed by atoms with van der Waals surface area (Å²) in [4.78, 5) is 0. The molecule has 7 heteroatoms.